The molecule has 0 aliphatic heterocycles. The molecule has 0 aromatic heterocycles. The van der Waals surface area contributed by atoms with Gasteiger partial charge in [0.25, 0.3) is 0 Å². The van der Waals surface area contributed by atoms with Gasteiger partial charge in [-0.05, 0) is 11.1 Å². The third-order valence-electron chi connectivity index (χ3n) is 2.84. The number of hydrogen-bond donors (Lipinski definition) is 2. The Hall–Kier alpha value is -2.33. The number of ether oxygens (including phenoxy) is 1. The van der Waals surface area contributed by atoms with Crippen LogP contribution in [-0.2, 0) is 11.3 Å². The molecule has 0 aliphatic rings. The van der Waals surface area contributed by atoms with Crippen molar-refractivity contribution in [1.82, 2.24) is 5.32 Å². The summed E-state index contributed by atoms with van der Waals surface area (Å²) in [7, 11) is 0. The lowest BCUT2D eigenvalue weighted by Crippen LogP contribution is -2.25. The van der Waals surface area contributed by atoms with E-state index in [1.807, 2.05) is 48.5 Å². The molecule has 4 heteroatoms. The zero-order valence-electron chi connectivity index (χ0n) is 11.0. The fourth-order valence-corrected chi connectivity index (χ4v) is 1.75. The first kappa shape index (κ1) is 14.1. The predicted molar refractivity (Wildman–Crippen MR) is 76.0 cm³/mol. The Morgan fingerprint density at radius 3 is 2.30 bits per heavy atom. The van der Waals surface area contributed by atoms with Crippen LogP contribution in [0.1, 0.15) is 17.2 Å². The van der Waals surface area contributed by atoms with E-state index in [2.05, 4.69) is 5.32 Å². The van der Waals surface area contributed by atoms with Crippen molar-refractivity contribution in [2.24, 2.45) is 0 Å². The van der Waals surface area contributed by atoms with Crippen molar-refractivity contribution in [3.63, 3.8) is 0 Å². The quantitative estimate of drug-likeness (QED) is 0.879. The summed E-state index contributed by atoms with van der Waals surface area (Å²) in [5, 5.41) is 12.5. The van der Waals surface area contributed by atoms with Gasteiger partial charge < -0.3 is 15.2 Å². The van der Waals surface area contributed by atoms with Crippen molar-refractivity contribution in [3.8, 4) is 0 Å². The molecule has 2 rings (SSSR count). The summed E-state index contributed by atoms with van der Waals surface area (Å²) >= 11 is 0. The molecule has 104 valence electrons. The molecule has 20 heavy (non-hydrogen) atoms. The van der Waals surface area contributed by atoms with Crippen LogP contribution in [0.15, 0.2) is 60.7 Å². The van der Waals surface area contributed by atoms with E-state index >= 15 is 0 Å². The standard InChI is InChI=1S/C16H17NO3/c18-15(14-9-5-2-6-10-14)12-20-16(19)17-11-13-7-3-1-4-8-13/h1-10,15,18H,11-12H2,(H,17,19). The molecule has 4 nitrogen and oxygen atoms in total. The van der Waals surface area contributed by atoms with E-state index in [9.17, 15) is 9.90 Å². The minimum atomic E-state index is -0.807. The van der Waals surface area contributed by atoms with E-state index in [1.54, 1.807) is 12.1 Å². The van der Waals surface area contributed by atoms with Crippen molar-refractivity contribution in [1.29, 1.82) is 0 Å². The zero-order valence-corrected chi connectivity index (χ0v) is 11.0. The number of hydrogen-bond acceptors (Lipinski definition) is 3. The fraction of sp³-hybridized carbons (Fsp3) is 0.188. The van der Waals surface area contributed by atoms with Crippen LogP contribution >= 0.6 is 0 Å². The number of alkyl carbamates (subject to hydrolysis) is 1. The minimum Gasteiger partial charge on any atom is -0.446 e. The van der Waals surface area contributed by atoms with Gasteiger partial charge in [0.2, 0.25) is 0 Å². The highest BCUT2D eigenvalue weighted by atomic mass is 16.6. The molecule has 0 fully saturated rings. The first-order chi connectivity index (χ1) is 9.75. The van der Waals surface area contributed by atoms with Crippen LogP contribution in [0.25, 0.3) is 0 Å². The van der Waals surface area contributed by atoms with Gasteiger partial charge in [-0.2, -0.15) is 0 Å². The maximum absolute atomic E-state index is 11.5. The summed E-state index contributed by atoms with van der Waals surface area (Å²) in [5.74, 6) is 0. The SMILES string of the molecule is O=C(NCc1ccccc1)OCC(O)c1ccccc1. The van der Waals surface area contributed by atoms with Gasteiger partial charge in [-0.15, -0.1) is 0 Å². The highest BCUT2D eigenvalue weighted by Gasteiger charge is 2.10. The first-order valence-corrected chi connectivity index (χ1v) is 6.43. The van der Waals surface area contributed by atoms with Crippen LogP contribution in [0.4, 0.5) is 4.79 Å². The largest absolute Gasteiger partial charge is 0.446 e. The van der Waals surface area contributed by atoms with E-state index < -0.39 is 12.2 Å². The lowest BCUT2D eigenvalue weighted by Gasteiger charge is -2.12. The second kappa shape index (κ2) is 7.31. The van der Waals surface area contributed by atoms with Gasteiger partial charge in [-0.1, -0.05) is 60.7 Å². The third-order valence-corrected chi connectivity index (χ3v) is 2.84. The smallest absolute Gasteiger partial charge is 0.407 e. The molecule has 0 aliphatic carbocycles. The van der Waals surface area contributed by atoms with Crippen molar-refractivity contribution in [2.45, 2.75) is 12.6 Å². The maximum atomic E-state index is 11.5. The van der Waals surface area contributed by atoms with Crippen LogP contribution in [0.5, 0.6) is 0 Å². The predicted octanol–water partition coefficient (Wildman–Crippen LogP) is 2.65. The summed E-state index contributed by atoms with van der Waals surface area (Å²) in [6.45, 7) is 0.339. The van der Waals surface area contributed by atoms with E-state index in [1.165, 1.54) is 0 Å². The molecule has 1 amide bonds. The topological polar surface area (TPSA) is 58.6 Å². The molecule has 0 heterocycles. The van der Waals surface area contributed by atoms with Crippen LogP contribution in [0.3, 0.4) is 0 Å². The molecule has 2 aromatic rings. The Morgan fingerprint density at radius 2 is 1.65 bits per heavy atom. The lowest BCUT2D eigenvalue weighted by molar-refractivity contribution is 0.0679. The molecule has 1 unspecified atom stereocenters. The Kier molecular flexibility index (Phi) is 5.15. The third kappa shape index (κ3) is 4.40. The summed E-state index contributed by atoms with van der Waals surface area (Å²) in [4.78, 5) is 11.5. The van der Waals surface area contributed by atoms with Crippen molar-refractivity contribution >= 4 is 6.09 Å². The summed E-state index contributed by atoms with van der Waals surface area (Å²) in [6.07, 6.45) is -1.34. The molecule has 0 saturated heterocycles. The number of amides is 1. The molecule has 0 bridgehead atoms. The fourth-order valence-electron chi connectivity index (χ4n) is 1.75. The number of aliphatic hydroxyl groups excluding tert-OH is 1. The number of carbonyl (C=O) groups excluding carboxylic acids is 1. The monoisotopic (exact) mass is 271 g/mol. The number of benzene rings is 2. The normalized spacial score (nSPS) is 11.7. The number of carbonyl (C=O) groups is 1. The van der Waals surface area contributed by atoms with Gasteiger partial charge in [0.05, 0.1) is 0 Å². The van der Waals surface area contributed by atoms with Crippen LogP contribution < -0.4 is 5.32 Å². The molecule has 0 spiro atoms. The Morgan fingerprint density at radius 1 is 1.05 bits per heavy atom. The highest BCUT2D eigenvalue weighted by Crippen LogP contribution is 2.12. The van der Waals surface area contributed by atoms with E-state index in [4.69, 9.17) is 4.74 Å². The number of nitrogens with one attached hydrogen (secondary N) is 1. The summed E-state index contributed by atoms with van der Waals surface area (Å²) in [5.41, 5.74) is 1.72. The van der Waals surface area contributed by atoms with Gasteiger partial charge >= 0.3 is 6.09 Å². The Balaban J connectivity index is 1.73. The molecular formula is C16H17NO3. The number of aliphatic hydroxyl groups is 1. The second-order valence-electron chi connectivity index (χ2n) is 4.36. The summed E-state index contributed by atoms with van der Waals surface area (Å²) in [6, 6.07) is 18.6. The average molecular weight is 271 g/mol. The average Bonchev–Trinajstić information content (AvgIpc) is 2.52. The second-order valence-corrected chi connectivity index (χ2v) is 4.36. The summed E-state index contributed by atoms with van der Waals surface area (Å²) < 4.78 is 4.98. The zero-order chi connectivity index (χ0) is 14.2. The first-order valence-electron chi connectivity index (χ1n) is 6.43. The Bertz CT molecular complexity index is 528. The van der Waals surface area contributed by atoms with Gasteiger partial charge in [-0.25, -0.2) is 4.79 Å². The van der Waals surface area contributed by atoms with Crippen molar-refractivity contribution < 1.29 is 14.6 Å². The van der Waals surface area contributed by atoms with E-state index in [0.717, 1.165) is 11.1 Å². The van der Waals surface area contributed by atoms with Crippen LogP contribution in [0.2, 0.25) is 0 Å². The van der Waals surface area contributed by atoms with E-state index in [0.29, 0.717) is 6.54 Å². The van der Waals surface area contributed by atoms with Gasteiger partial charge in [-0.3, -0.25) is 0 Å². The van der Waals surface area contributed by atoms with Crippen LogP contribution in [0, 0.1) is 0 Å². The lowest BCUT2D eigenvalue weighted by atomic mass is 10.1. The van der Waals surface area contributed by atoms with Gasteiger partial charge in [0.1, 0.15) is 12.7 Å². The van der Waals surface area contributed by atoms with E-state index in [-0.39, 0.29) is 6.61 Å². The molecule has 2 N–H and O–H groups in total. The van der Waals surface area contributed by atoms with Crippen molar-refractivity contribution in [3.05, 3.63) is 71.8 Å². The molecule has 0 saturated carbocycles. The van der Waals surface area contributed by atoms with Crippen molar-refractivity contribution in [2.75, 3.05) is 6.61 Å². The molecular weight excluding hydrogens is 254 g/mol. The number of rotatable bonds is 5. The maximum Gasteiger partial charge on any atom is 0.407 e. The van der Waals surface area contributed by atoms with Gasteiger partial charge in [0, 0.05) is 6.54 Å². The molecule has 0 radical (unpaired) electrons. The van der Waals surface area contributed by atoms with Gasteiger partial charge in [0.15, 0.2) is 0 Å². The minimum absolute atomic E-state index is 0.0648. The Labute approximate surface area is 118 Å². The van der Waals surface area contributed by atoms with Crippen LogP contribution in [-0.4, -0.2) is 17.8 Å². The highest BCUT2D eigenvalue weighted by molar-refractivity contribution is 5.67. The molecule has 2 aromatic carbocycles. The molecule has 1 atom stereocenters.